The molecule has 2 aliphatic carbocycles. The number of benzene rings is 2. The first kappa shape index (κ1) is 23.4. The molecular formula is C28H32N2O5. The van der Waals surface area contributed by atoms with Gasteiger partial charge in [-0.2, -0.15) is 0 Å². The van der Waals surface area contributed by atoms with Gasteiger partial charge in [0.25, 0.3) is 0 Å². The summed E-state index contributed by atoms with van der Waals surface area (Å²) >= 11 is 0. The SMILES string of the molecule is CC1CC(C(=O)O)CN(C(=O)C(C)(NC(=O)OCC2c3ccccc3-c3ccccc32)C2CC2)C1. The Labute approximate surface area is 205 Å². The van der Waals surface area contributed by atoms with E-state index in [1.807, 2.05) is 31.2 Å². The number of fused-ring (bicyclic) bond motifs is 3. The van der Waals surface area contributed by atoms with E-state index in [4.69, 9.17) is 4.74 Å². The van der Waals surface area contributed by atoms with Gasteiger partial charge in [-0.3, -0.25) is 9.59 Å². The molecule has 1 saturated heterocycles. The third-order valence-electron chi connectivity index (χ3n) is 7.84. The smallest absolute Gasteiger partial charge is 0.408 e. The van der Waals surface area contributed by atoms with E-state index in [1.54, 1.807) is 11.8 Å². The first-order chi connectivity index (χ1) is 16.8. The van der Waals surface area contributed by atoms with Crippen LogP contribution in [0.5, 0.6) is 0 Å². The lowest BCUT2D eigenvalue weighted by Crippen LogP contribution is -2.61. The molecular weight excluding hydrogens is 444 g/mol. The largest absolute Gasteiger partial charge is 0.481 e. The number of aliphatic carboxylic acids is 1. The minimum atomic E-state index is -1.11. The van der Waals surface area contributed by atoms with Crippen molar-refractivity contribution in [2.75, 3.05) is 19.7 Å². The zero-order valence-electron chi connectivity index (χ0n) is 20.2. The predicted octanol–water partition coefficient (Wildman–Crippen LogP) is 4.26. The van der Waals surface area contributed by atoms with E-state index < -0.39 is 23.5 Å². The minimum Gasteiger partial charge on any atom is -0.481 e. The molecule has 0 spiro atoms. The third-order valence-corrected chi connectivity index (χ3v) is 7.84. The molecule has 0 bridgehead atoms. The molecule has 7 heteroatoms. The number of likely N-dealkylation sites (tertiary alicyclic amines) is 1. The molecule has 3 unspecified atom stereocenters. The van der Waals surface area contributed by atoms with Gasteiger partial charge < -0.3 is 20.1 Å². The van der Waals surface area contributed by atoms with Crippen molar-refractivity contribution in [2.24, 2.45) is 17.8 Å². The van der Waals surface area contributed by atoms with Gasteiger partial charge in [0, 0.05) is 19.0 Å². The van der Waals surface area contributed by atoms with Crippen molar-refractivity contribution in [1.82, 2.24) is 10.2 Å². The van der Waals surface area contributed by atoms with Crippen molar-refractivity contribution in [3.63, 3.8) is 0 Å². The van der Waals surface area contributed by atoms with Gasteiger partial charge in [-0.25, -0.2) is 4.79 Å². The van der Waals surface area contributed by atoms with E-state index in [-0.39, 0.29) is 36.8 Å². The van der Waals surface area contributed by atoms with Crippen molar-refractivity contribution in [1.29, 1.82) is 0 Å². The average Bonchev–Trinajstić information content (AvgIpc) is 3.66. The van der Waals surface area contributed by atoms with E-state index in [0.717, 1.165) is 35.1 Å². The third kappa shape index (κ3) is 4.40. The molecule has 0 radical (unpaired) electrons. The van der Waals surface area contributed by atoms with Gasteiger partial charge in [0.2, 0.25) is 5.91 Å². The monoisotopic (exact) mass is 476 g/mol. The van der Waals surface area contributed by atoms with Crippen molar-refractivity contribution in [2.45, 2.75) is 44.6 Å². The van der Waals surface area contributed by atoms with Gasteiger partial charge in [0.05, 0.1) is 5.92 Å². The Bertz CT molecular complexity index is 1110. The first-order valence-corrected chi connectivity index (χ1v) is 12.4. The topological polar surface area (TPSA) is 95.9 Å². The highest BCUT2D eigenvalue weighted by Crippen LogP contribution is 2.45. The van der Waals surface area contributed by atoms with E-state index >= 15 is 0 Å². The number of hydrogen-bond donors (Lipinski definition) is 2. The van der Waals surface area contributed by atoms with Crippen LogP contribution in [0.25, 0.3) is 11.1 Å². The lowest BCUT2D eigenvalue weighted by Gasteiger charge is -2.40. The maximum atomic E-state index is 13.6. The number of carbonyl (C=O) groups is 3. The van der Waals surface area contributed by atoms with Crippen LogP contribution in [-0.2, 0) is 14.3 Å². The number of nitrogens with zero attached hydrogens (tertiary/aromatic N) is 1. The Hall–Kier alpha value is -3.35. The quantitative estimate of drug-likeness (QED) is 0.649. The van der Waals surface area contributed by atoms with Crippen LogP contribution in [0, 0.1) is 17.8 Å². The van der Waals surface area contributed by atoms with Gasteiger partial charge >= 0.3 is 12.1 Å². The highest BCUT2D eigenvalue weighted by molar-refractivity contribution is 5.91. The average molecular weight is 477 g/mol. The van der Waals surface area contributed by atoms with E-state index in [0.29, 0.717) is 13.0 Å². The lowest BCUT2D eigenvalue weighted by molar-refractivity contribution is -0.149. The summed E-state index contributed by atoms with van der Waals surface area (Å²) in [6, 6.07) is 16.3. The molecule has 1 saturated carbocycles. The Morgan fingerprint density at radius 2 is 1.63 bits per heavy atom. The van der Waals surface area contributed by atoms with Crippen LogP contribution in [0.4, 0.5) is 4.79 Å². The summed E-state index contributed by atoms with van der Waals surface area (Å²) < 4.78 is 5.72. The summed E-state index contributed by atoms with van der Waals surface area (Å²) in [5, 5.41) is 12.4. The second-order valence-electron chi connectivity index (χ2n) is 10.5. The molecule has 1 heterocycles. The Morgan fingerprint density at radius 3 is 2.20 bits per heavy atom. The van der Waals surface area contributed by atoms with Gasteiger partial charge in [-0.15, -0.1) is 0 Å². The number of piperidine rings is 1. The van der Waals surface area contributed by atoms with Gasteiger partial charge in [-0.1, -0.05) is 55.5 Å². The molecule has 5 rings (SSSR count). The molecule has 2 aromatic rings. The number of carboxylic acids is 1. The minimum absolute atomic E-state index is 0.0241. The fraction of sp³-hybridized carbons (Fsp3) is 0.464. The summed E-state index contributed by atoms with van der Waals surface area (Å²) in [5.74, 6) is -1.63. The van der Waals surface area contributed by atoms with Crippen molar-refractivity contribution >= 4 is 18.0 Å². The fourth-order valence-electron chi connectivity index (χ4n) is 5.86. The van der Waals surface area contributed by atoms with Gasteiger partial charge in [0.1, 0.15) is 12.1 Å². The Kier molecular flexibility index (Phi) is 6.03. The number of amides is 2. The number of carboxylic acid groups (broad SMARTS) is 1. The number of ether oxygens (including phenoxy) is 1. The molecule has 2 N–H and O–H groups in total. The van der Waals surface area contributed by atoms with E-state index in [1.165, 1.54) is 0 Å². The number of alkyl carbamates (subject to hydrolysis) is 1. The van der Waals surface area contributed by atoms with Crippen LogP contribution in [0.2, 0.25) is 0 Å². The lowest BCUT2D eigenvalue weighted by atomic mass is 9.87. The van der Waals surface area contributed by atoms with Crippen LogP contribution in [0.15, 0.2) is 48.5 Å². The van der Waals surface area contributed by atoms with E-state index in [9.17, 15) is 19.5 Å². The molecule has 1 aliphatic heterocycles. The zero-order valence-corrected chi connectivity index (χ0v) is 20.2. The van der Waals surface area contributed by atoms with Gasteiger partial charge in [0.15, 0.2) is 0 Å². The van der Waals surface area contributed by atoms with Crippen molar-refractivity contribution in [3.05, 3.63) is 59.7 Å². The molecule has 2 amide bonds. The first-order valence-electron chi connectivity index (χ1n) is 12.4. The number of rotatable bonds is 6. The summed E-state index contributed by atoms with van der Waals surface area (Å²) in [5.41, 5.74) is 3.46. The van der Waals surface area contributed by atoms with Gasteiger partial charge in [-0.05, 0) is 60.3 Å². The second-order valence-corrected chi connectivity index (χ2v) is 10.5. The summed E-state index contributed by atoms with van der Waals surface area (Å²) in [7, 11) is 0. The van der Waals surface area contributed by atoms with Crippen LogP contribution in [0.1, 0.15) is 50.2 Å². The second kappa shape index (κ2) is 9.02. The molecule has 3 atom stereocenters. The van der Waals surface area contributed by atoms with Crippen molar-refractivity contribution in [3.8, 4) is 11.1 Å². The van der Waals surface area contributed by atoms with Crippen LogP contribution in [-0.4, -0.2) is 53.2 Å². The van der Waals surface area contributed by atoms with Crippen LogP contribution in [0.3, 0.4) is 0 Å². The maximum Gasteiger partial charge on any atom is 0.408 e. The number of nitrogens with one attached hydrogen (secondary N) is 1. The molecule has 3 aliphatic rings. The standard InChI is InChI=1S/C28H32N2O5/c1-17-13-18(25(31)32)15-30(14-17)26(33)28(2,19-11-12-19)29-27(34)35-16-24-22-9-5-3-7-20(22)21-8-4-6-10-23(21)24/h3-10,17-19,24H,11-16H2,1-2H3,(H,29,34)(H,31,32). The molecule has 7 nitrogen and oxygen atoms in total. The number of hydrogen-bond acceptors (Lipinski definition) is 4. The predicted molar refractivity (Wildman–Crippen MR) is 131 cm³/mol. The molecule has 2 fully saturated rings. The highest BCUT2D eigenvalue weighted by atomic mass is 16.5. The zero-order chi connectivity index (χ0) is 24.7. The van der Waals surface area contributed by atoms with Crippen molar-refractivity contribution < 1.29 is 24.2 Å². The van der Waals surface area contributed by atoms with E-state index in [2.05, 4.69) is 29.6 Å². The molecule has 2 aromatic carbocycles. The molecule has 184 valence electrons. The highest BCUT2D eigenvalue weighted by Gasteiger charge is 2.51. The summed E-state index contributed by atoms with van der Waals surface area (Å²) in [6.45, 7) is 4.56. The fourth-order valence-corrected chi connectivity index (χ4v) is 5.86. The molecule has 0 aromatic heterocycles. The molecule has 35 heavy (non-hydrogen) atoms. The maximum absolute atomic E-state index is 13.6. The van der Waals surface area contributed by atoms with Crippen LogP contribution >= 0.6 is 0 Å². The Balaban J connectivity index is 1.29. The Morgan fingerprint density at radius 1 is 1.03 bits per heavy atom. The summed E-state index contributed by atoms with van der Waals surface area (Å²) in [6.07, 6.45) is 1.63. The van der Waals surface area contributed by atoms with Crippen LogP contribution < -0.4 is 5.32 Å². The normalized spacial score (nSPS) is 23.1. The number of carbonyl (C=O) groups excluding carboxylic acids is 2. The summed E-state index contributed by atoms with van der Waals surface area (Å²) in [4.78, 5) is 39.8.